The lowest BCUT2D eigenvalue weighted by Crippen LogP contribution is -2.15. The van der Waals surface area contributed by atoms with Crippen molar-refractivity contribution in [2.24, 2.45) is 0 Å². The second-order valence-electron chi connectivity index (χ2n) is 9.47. The van der Waals surface area contributed by atoms with E-state index in [-0.39, 0.29) is 5.91 Å². The summed E-state index contributed by atoms with van der Waals surface area (Å²) < 4.78 is 4.37. The van der Waals surface area contributed by atoms with Crippen LogP contribution in [0.15, 0.2) is 72.9 Å². The molecule has 0 spiro atoms. The Morgan fingerprint density at radius 3 is 2.32 bits per heavy atom. The number of imidazole rings is 1. The van der Waals surface area contributed by atoms with Gasteiger partial charge in [-0.25, -0.2) is 0 Å². The van der Waals surface area contributed by atoms with E-state index in [0.717, 1.165) is 53.8 Å². The molecule has 1 aliphatic heterocycles. The van der Waals surface area contributed by atoms with Gasteiger partial charge < -0.3 is 9.88 Å². The predicted octanol–water partition coefficient (Wildman–Crippen LogP) is 8.93. The average molecular weight is 549 g/mol. The molecule has 0 aliphatic carbocycles. The number of carbonyl (C=O) groups excluding carboxylic acids is 1. The normalized spacial score (nSPS) is 13.1. The van der Waals surface area contributed by atoms with E-state index in [1.807, 2.05) is 30.3 Å². The molecule has 4 nitrogen and oxygen atoms in total. The zero-order chi connectivity index (χ0) is 25.7. The van der Waals surface area contributed by atoms with Gasteiger partial charge in [-0.3, -0.25) is 9.20 Å². The lowest BCUT2D eigenvalue weighted by atomic mass is 9.97. The lowest BCUT2D eigenvalue weighted by molar-refractivity contribution is 0.102. The highest BCUT2D eigenvalue weighted by molar-refractivity contribution is 6.42. The molecular weight excluding hydrogens is 525 g/mol. The van der Waals surface area contributed by atoms with Gasteiger partial charge in [0.05, 0.1) is 15.7 Å². The summed E-state index contributed by atoms with van der Waals surface area (Å²) >= 11 is 18.7. The van der Waals surface area contributed by atoms with Gasteiger partial charge in [-0.1, -0.05) is 70.7 Å². The third-order valence-electron chi connectivity index (χ3n) is 7.01. The number of anilines is 1. The van der Waals surface area contributed by atoms with Gasteiger partial charge in [0, 0.05) is 40.1 Å². The molecule has 0 saturated heterocycles. The number of amides is 1. The highest BCUT2D eigenvalue weighted by Gasteiger charge is 2.29. The number of aromatic nitrogens is 2. The number of nitrogens with one attached hydrogen (secondary N) is 1. The fourth-order valence-electron chi connectivity index (χ4n) is 5.25. The van der Waals surface area contributed by atoms with E-state index in [0.29, 0.717) is 26.4 Å². The van der Waals surface area contributed by atoms with Gasteiger partial charge in [0.15, 0.2) is 0 Å². The Kier molecular flexibility index (Phi) is 6.28. The molecule has 37 heavy (non-hydrogen) atoms. The fraction of sp³-hybridized carbons (Fsp3) is 0.167. The van der Waals surface area contributed by atoms with Crippen LogP contribution < -0.4 is 5.32 Å². The summed E-state index contributed by atoms with van der Waals surface area (Å²) in [7, 11) is 0. The van der Waals surface area contributed by atoms with Crippen LogP contribution >= 0.6 is 34.8 Å². The summed E-state index contributed by atoms with van der Waals surface area (Å²) in [5, 5.41) is 4.74. The van der Waals surface area contributed by atoms with Crippen molar-refractivity contribution in [3.05, 3.63) is 105 Å². The first-order valence-corrected chi connectivity index (χ1v) is 13.4. The summed E-state index contributed by atoms with van der Waals surface area (Å²) in [6, 6.07) is 21.3. The van der Waals surface area contributed by atoms with E-state index >= 15 is 0 Å². The molecule has 1 amide bonds. The molecular formula is C30H24Cl3N3O. The smallest absolute Gasteiger partial charge is 0.273 e. The quantitative estimate of drug-likeness (QED) is 0.239. The topological polar surface area (TPSA) is 38.4 Å². The number of halogens is 3. The minimum Gasteiger partial charge on any atom is -0.325 e. The molecule has 6 rings (SSSR count). The van der Waals surface area contributed by atoms with Crippen molar-refractivity contribution in [2.45, 2.75) is 32.7 Å². The second-order valence-corrected chi connectivity index (χ2v) is 10.7. The summed E-state index contributed by atoms with van der Waals surface area (Å²) in [6.07, 6.45) is 5.04. The largest absolute Gasteiger partial charge is 0.325 e. The standard InChI is InChI=1S/C30H24Cl3N3O/c1-18-5-7-19(8-6-18)27-23-4-2-3-15-35-26(20-9-14-24(32)25(33)16-20)17-36(30(23)35)28(27)29(37)34-22-12-10-21(31)11-13-22/h5-14,16-17H,2-4,15H2,1H3,(H,34,37). The first-order valence-electron chi connectivity index (χ1n) is 12.3. The van der Waals surface area contributed by atoms with Crippen LogP contribution in [0.2, 0.25) is 15.1 Å². The highest BCUT2D eigenvalue weighted by Crippen LogP contribution is 2.40. The van der Waals surface area contributed by atoms with Gasteiger partial charge in [-0.15, -0.1) is 0 Å². The maximum atomic E-state index is 14.0. The van der Waals surface area contributed by atoms with Crippen LogP contribution in [0.5, 0.6) is 0 Å². The third-order valence-corrected chi connectivity index (χ3v) is 8.00. The minimum absolute atomic E-state index is 0.169. The average Bonchev–Trinajstić information content (AvgIpc) is 3.30. The minimum atomic E-state index is -0.169. The van der Waals surface area contributed by atoms with Gasteiger partial charge in [0.25, 0.3) is 5.91 Å². The molecule has 7 heteroatoms. The fourth-order valence-corrected chi connectivity index (χ4v) is 5.67. The van der Waals surface area contributed by atoms with Gasteiger partial charge in [0.2, 0.25) is 0 Å². The molecule has 0 radical (unpaired) electrons. The van der Waals surface area contributed by atoms with Crippen LogP contribution in [-0.2, 0) is 13.0 Å². The van der Waals surface area contributed by atoms with Gasteiger partial charge in [0.1, 0.15) is 11.3 Å². The summed E-state index contributed by atoms with van der Waals surface area (Å²) in [4.78, 5) is 14.0. The molecule has 3 aromatic carbocycles. The molecule has 1 aliphatic rings. The number of benzene rings is 3. The third kappa shape index (κ3) is 4.33. The molecule has 2 aromatic heterocycles. The first-order chi connectivity index (χ1) is 17.9. The maximum Gasteiger partial charge on any atom is 0.273 e. The molecule has 5 aromatic rings. The van der Waals surface area contributed by atoms with Crippen molar-refractivity contribution in [3.8, 4) is 22.4 Å². The van der Waals surface area contributed by atoms with Crippen LogP contribution in [0.1, 0.15) is 34.5 Å². The van der Waals surface area contributed by atoms with Crippen molar-refractivity contribution < 1.29 is 4.79 Å². The summed E-state index contributed by atoms with van der Waals surface area (Å²) in [5.74, 6) is -0.169. The van der Waals surface area contributed by atoms with Crippen LogP contribution in [0.25, 0.3) is 28.0 Å². The molecule has 1 N–H and O–H groups in total. The van der Waals surface area contributed by atoms with Crippen LogP contribution in [0, 0.1) is 6.92 Å². The highest BCUT2D eigenvalue weighted by atomic mass is 35.5. The number of hydrogen-bond acceptors (Lipinski definition) is 1. The van der Waals surface area contributed by atoms with Gasteiger partial charge in [-0.05, 0) is 68.1 Å². The molecule has 0 saturated carbocycles. The summed E-state index contributed by atoms with van der Waals surface area (Å²) in [5.41, 5.74) is 8.72. The Hall–Kier alpha value is -3.18. The van der Waals surface area contributed by atoms with E-state index in [2.05, 4.69) is 51.7 Å². The number of rotatable bonds is 4. The van der Waals surface area contributed by atoms with Crippen molar-refractivity contribution in [2.75, 3.05) is 5.32 Å². The summed E-state index contributed by atoms with van der Waals surface area (Å²) in [6.45, 7) is 2.93. The van der Waals surface area contributed by atoms with Gasteiger partial charge >= 0.3 is 0 Å². The predicted molar refractivity (Wildman–Crippen MR) is 153 cm³/mol. The van der Waals surface area contributed by atoms with Crippen molar-refractivity contribution in [1.82, 2.24) is 8.97 Å². The molecule has 0 fully saturated rings. The number of aryl methyl sites for hydroxylation is 3. The molecule has 186 valence electrons. The lowest BCUT2D eigenvalue weighted by Gasteiger charge is -2.11. The second kappa shape index (κ2) is 9.60. The van der Waals surface area contributed by atoms with Crippen LogP contribution in [-0.4, -0.2) is 14.9 Å². The Morgan fingerprint density at radius 1 is 0.865 bits per heavy atom. The molecule has 0 atom stereocenters. The van der Waals surface area contributed by atoms with Crippen molar-refractivity contribution >= 4 is 52.0 Å². The monoisotopic (exact) mass is 547 g/mol. The van der Waals surface area contributed by atoms with Crippen LogP contribution in [0.4, 0.5) is 5.69 Å². The van der Waals surface area contributed by atoms with E-state index in [1.165, 1.54) is 11.1 Å². The van der Waals surface area contributed by atoms with E-state index in [4.69, 9.17) is 34.8 Å². The Balaban J connectivity index is 1.60. The van der Waals surface area contributed by atoms with E-state index in [9.17, 15) is 4.79 Å². The zero-order valence-electron chi connectivity index (χ0n) is 20.2. The zero-order valence-corrected chi connectivity index (χ0v) is 22.5. The van der Waals surface area contributed by atoms with Gasteiger partial charge in [-0.2, -0.15) is 0 Å². The Labute approximate surface area is 230 Å². The van der Waals surface area contributed by atoms with E-state index < -0.39 is 0 Å². The Bertz CT molecular complexity index is 1650. The molecule has 0 unspecified atom stereocenters. The maximum absolute atomic E-state index is 14.0. The van der Waals surface area contributed by atoms with Crippen molar-refractivity contribution in [1.29, 1.82) is 0 Å². The number of nitrogens with zero attached hydrogens (tertiary/aromatic N) is 2. The first kappa shape index (κ1) is 24.2. The van der Waals surface area contributed by atoms with Crippen molar-refractivity contribution in [3.63, 3.8) is 0 Å². The number of carbonyl (C=O) groups is 1. The van der Waals surface area contributed by atoms with E-state index in [1.54, 1.807) is 12.1 Å². The number of hydrogen-bond donors (Lipinski definition) is 1. The SMILES string of the molecule is Cc1ccc(-c2c3c4n(c(-c5ccc(Cl)c(Cl)c5)cn4c2C(=O)Nc2ccc(Cl)cc2)CCCC3)cc1. The molecule has 3 heterocycles. The van der Waals surface area contributed by atoms with Crippen LogP contribution in [0.3, 0.4) is 0 Å². The molecule has 0 bridgehead atoms. The Morgan fingerprint density at radius 2 is 1.59 bits per heavy atom.